The molecular weight excluding hydrogens is 524 g/mol. The van der Waals surface area contributed by atoms with Gasteiger partial charge in [-0.05, 0) is 12.3 Å². The van der Waals surface area contributed by atoms with Crippen LogP contribution in [0, 0.1) is 5.92 Å². The van der Waals surface area contributed by atoms with Crippen LogP contribution in [0.1, 0.15) is 33.1 Å². The molecule has 4 atom stereocenters. The van der Waals surface area contributed by atoms with Gasteiger partial charge in [0.15, 0.2) is 0 Å². The molecule has 0 bridgehead atoms. The molecule has 0 radical (unpaired) electrons. The fourth-order valence-corrected chi connectivity index (χ4v) is 2.99. The van der Waals surface area contributed by atoms with Gasteiger partial charge in [-0.25, -0.2) is 0 Å². The van der Waals surface area contributed by atoms with Gasteiger partial charge in [-0.1, -0.05) is 13.8 Å². The van der Waals surface area contributed by atoms with Crippen molar-refractivity contribution in [2.75, 3.05) is 19.7 Å². The number of aliphatic carboxylic acids is 1. The summed E-state index contributed by atoms with van der Waals surface area (Å²) >= 11 is 0. The molecule has 39 heavy (non-hydrogen) atoms. The van der Waals surface area contributed by atoms with Crippen LogP contribution in [0.3, 0.4) is 0 Å². The number of carboxylic acids is 1. The summed E-state index contributed by atoms with van der Waals surface area (Å²) in [7, 11) is 0. The highest BCUT2D eigenvalue weighted by Crippen LogP contribution is 2.06. The van der Waals surface area contributed by atoms with Crippen molar-refractivity contribution >= 4 is 47.3 Å². The molecule has 0 aromatic carbocycles. The fraction of sp³-hybridized carbons (Fsp3) is 0.619. The molecule has 0 rings (SSSR count). The predicted molar refractivity (Wildman–Crippen MR) is 132 cm³/mol. The topological polar surface area (TPSA) is 315 Å². The summed E-state index contributed by atoms with van der Waals surface area (Å²) in [6, 6.07) is -5.64. The van der Waals surface area contributed by atoms with E-state index >= 15 is 0 Å². The molecule has 18 nitrogen and oxygen atoms in total. The van der Waals surface area contributed by atoms with Crippen molar-refractivity contribution in [2.45, 2.75) is 57.3 Å². The van der Waals surface area contributed by atoms with Crippen LogP contribution in [0.25, 0.3) is 0 Å². The molecule has 13 N–H and O–H groups in total. The van der Waals surface area contributed by atoms with E-state index in [4.69, 9.17) is 22.3 Å². The summed E-state index contributed by atoms with van der Waals surface area (Å²) in [5.74, 6) is -7.98. The Balaban J connectivity index is 5.15. The molecule has 0 saturated carbocycles. The van der Waals surface area contributed by atoms with E-state index in [1.165, 1.54) is 0 Å². The lowest BCUT2D eigenvalue weighted by molar-refractivity contribution is -0.139. The van der Waals surface area contributed by atoms with Gasteiger partial charge >= 0.3 is 5.97 Å². The molecule has 0 unspecified atom stereocenters. The van der Waals surface area contributed by atoms with Gasteiger partial charge in [-0.2, -0.15) is 0 Å². The molecule has 0 spiro atoms. The smallest absolute Gasteiger partial charge is 0.322 e. The normalized spacial score (nSPS) is 13.7. The van der Waals surface area contributed by atoms with E-state index in [2.05, 4.69) is 21.3 Å². The van der Waals surface area contributed by atoms with Crippen LogP contribution >= 0.6 is 0 Å². The molecule has 0 aliphatic rings. The summed E-state index contributed by atoms with van der Waals surface area (Å²) in [6.07, 6.45) is -1.00. The Kier molecular flexibility index (Phi) is 15.3. The number of carbonyl (C=O) groups is 8. The van der Waals surface area contributed by atoms with Crippen LogP contribution in [-0.4, -0.2) is 101 Å². The van der Waals surface area contributed by atoms with E-state index in [9.17, 15) is 43.5 Å². The zero-order valence-electron chi connectivity index (χ0n) is 21.5. The zero-order valence-corrected chi connectivity index (χ0v) is 21.5. The molecule has 0 fully saturated rings. The molecule has 0 aliphatic heterocycles. The Morgan fingerprint density at radius 3 is 1.69 bits per heavy atom. The predicted octanol–water partition coefficient (Wildman–Crippen LogP) is -6.13. The van der Waals surface area contributed by atoms with E-state index in [0.29, 0.717) is 0 Å². The molecule has 0 saturated heterocycles. The number of primary amides is 2. The number of rotatable bonds is 18. The zero-order chi connectivity index (χ0) is 30.3. The molecular formula is C21H36N8O10. The highest BCUT2D eigenvalue weighted by molar-refractivity contribution is 5.96. The number of hydrogen-bond donors (Lipinski definition) is 10. The van der Waals surface area contributed by atoms with Crippen molar-refractivity contribution in [3.63, 3.8) is 0 Å². The van der Waals surface area contributed by atoms with E-state index < -0.39 is 104 Å². The monoisotopic (exact) mass is 560 g/mol. The Morgan fingerprint density at radius 1 is 0.692 bits per heavy atom. The number of amides is 7. The van der Waals surface area contributed by atoms with Crippen molar-refractivity contribution in [1.82, 2.24) is 26.6 Å². The highest BCUT2D eigenvalue weighted by atomic mass is 16.4. The first kappa shape index (κ1) is 34.7. The molecule has 220 valence electrons. The lowest BCUT2D eigenvalue weighted by Gasteiger charge is -2.23. The number of aliphatic hydroxyl groups is 1. The fourth-order valence-electron chi connectivity index (χ4n) is 2.99. The molecule has 0 heterocycles. The summed E-state index contributed by atoms with van der Waals surface area (Å²) in [5, 5.41) is 29.0. The first-order valence-electron chi connectivity index (χ1n) is 11.7. The van der Waals surface area contributed by atoms with Crippen molar-refractivity contribution in [2.24, 2.45) is 23.1 Å². The molecule has 0 aromatic heterocycles. The van der Waals surface area contributed by atoms with Gasteiger partial charge in [-0.3, -0.25) is 38.4 Å². The van der Waals surface area contributed by atoms with Gasteiger partial charge in [0.1, 0.15) is 24.7 Å². The summed E-state index contributed by atoms with van der Waals surface area (Å²) in [4.78, 5) is 94.5. The average Bonchev–Trinajstić information content (AvgIpc) is 2.82. The number of nitrogens with two attached hydrogens (primary N) is 3. The quantitative estimate of drug-likeness (QED) is 0.0751. The third kappa shape index (κ3) is 14.9. The van der Waals surface area contributed by atoms with E-state index in [1.54, 1.807) is 13.8 Å². The van der Waals surface area contributed by atoms with Crippen molar-refractivity contribution in [3.8, 4) is 0 Å². The summed E-state index contributed by atoms with van der Waals surface area (Å²) in [6.45, 7) is 1.08. The van der Waals surface area contributed by atoms with Crippen molar-refractivity contribution in [3.05, 3.63) is 0 Å². The second kappa shape index (κ2) is 17.2. The van der Waals surface area contributed by atoms with Crippen LogP contribution in [0.5, 0.6) is 0 Å². The Hall–Kier alpha value is -4.32. The molecule has 18 heteroatoms. The Morgan fingerprint density at radius 2 is 1.21 bits per heavy atom. The lowest BCUT2D eigenvalue weighted by atomic mass is 10.0. The van der Waals surface area contributed by atoms with Gasteiger partial charge in [0.05, 0.1) is 32.0 Å². The minimum absolute atomic E-state index is 0.0780. The maximum Gasteiger partial charge on any atom is 0.322 e. The van der Waals surface area contributed by atoms with Gasteiger partial charge in [0.2, 0.25) is 41.4 Å². The van der Waals surface area contributed by atoms with Crippen molar-refractivity contribution < 1.29 is 48.6 Å². The van der Waals surface area contributed by atoms with Gasteiger partial charge in [0.25, 0.3) is 0 Å². The minimum atomic E-state index is -1.63. The maximum absolute atomic E-state index is 12.6. The third-order valence-corrected chi connectivity index (χ3v) is 4.81. The number of carboxylic acid groups (broad SMARTS) is 1. The van der Waals surface area contributed by atoms with Crippen LogP contribution in [0.15, 0.2) is 0 Å². The molecule has 0 aliphatic carbocycles. The Labute approximate surface area is 223 Å². The van der Waals surface area contributed by atoms with E-state index in [-0.39, 0.29) is 12.3 Å². The maximum atomic E-state index is 12.6. The van der Waals surface area contributed by atoms with Gasteiger partial charge in [0, 0.05) is 0 Å². The van der Waals surface area contributed by atoms with Crippen molar-refractivity contribution in [1.29, 1.82) is 0 Å². The van der Waals surface area contributed by atoms with Crippen LogP contribution in [0.4, 0.5) is 0 Å². The molecule has 0 aromatic rings. The van der Waals surface area contributed by atoms with Gasteiger partial charge < -0.3 is 54.0 Å². The Bertz CT molecular complexity index is 942. The number of aliphatic hydroxyl groups excluding tert-OH is 1. The number of hydrogen-bond acceptors (Lipinski definition) is 10. The second-order valence-corrected chi connectivity index (χ2v) is 8.83. The SMILES string of the molecule is CC(C)C[C@H](NC(=O)[C@@H](N)CC(N)=O)C(=O)NCC(=O)N[C@@H](CO)C(=O)N[C@@H](CC(N)=O)C(=O)NCC(=O)O. The minimum Gasteiger partial charge on any atom is -0.480 e. The number of nitrogens with one attached hydrogen (secondary N) is 5. The van der Waals surface area contributed by atoms with Crippen LogP contribution in [-0.2, 0) is 38.4 Å². The summed E-state index contributed by atoms with van der Waals surface area (Å²) in [5.41, 5.74) is 15.6. The van der Waals surface area contributed by atoms with Crippen LogP contribution in [0.2, 0.25) is 0 Å². The standard InChI is InChI=1S/C21H36N8O10/c1-9(2)3-11(28-18(36)10(22)4-14(23)31)19(37)25-6-16(33)27-13(8-30)21(39)29-12(5-15(24)32)20(38)26-7-17(34)35/h9-13,30H,3-8,22H2,1-2H3,(H2,23,31)(H2,24,32)(H,25,37)(H,26,38)(H,27,33)(H,28,36)(H,29,39)(H,34,35)/t10-,11-,12-,13-/m0/s1. The van der Waals surface area contributed by atoms with E-state index in [0.717, 1.165) is 0 Å². The molecule has 7 amide bonds. The summed E-state index contributed by atoms with van der Waals surface area (Å²) < 4.78 is 0. The third-order valence-electron chi connectivity index (χ3n) is 4.81. The lowest BCUT2D eigenvalue weighted by Crippen LogP contribution is -2.57. The largest absolute Gasteiger partial charge is 0.480 e. The second-order valence-electron chi connectivity index (χ2n) is 8.83. The van der Waals surface area contributed by atoms with Gasteiger partial charge in [-0.15, -0.1) is 0 Å². The number of carbonyl (C=O) groups excluding carboxylic acids is 7. The highest BCUT2D eigenvalue weighted by Gasteiger charge is 2.29. The first-order chi connectivity index (χ1) is 18.1. The first-order valence-corrected chi connectivity index (χ1v) is 11.7. The van der Waals surface area contributed by atoms with E-state index in [1.807, 2.05) is 5.32 Å². The average molecular weight is 561 g/mol. The van der Waals surface area contributed by atoms with Crippen LogP contribution < -0.4 is 43.8 Å².